The lowest BCUT2D eigenvalue weighted by Crippen LogP contribution is -2.29. The van der Waals surface area contributed by atoms with Gasteiger partial charge in [-0.05, 0) is 55.8 Å². The number of rotatable bonds is 6. The highest BCUT2D eigenvalue weighted by Crippen LogP contribution is 2.22. The van der Waals surface area contributed by atoms with Gasteiger partial charge in [0.2, 0.25) is 0 Å². The van der Waals surface area contributed by atoms with Crippen LogP contribution in [0.5, 0.6) is 0 Å². The normalized spacial score (nSPS) is 21.9. The van der Waals surface area contributed by atoms with Crippen molar-refractivity contribution in [3.8, 4) is 0 Å². The van der Waals surface area contributed by atoms with Crippen LogP contribution in [-0.4, -0.2) is 30.6 Å². The summed E-state index contributed by atoms with van der Waals surface area (Å²) >= 11 is 0. The van der Waals surface area contributed by atoms with Gasteiger partial charge < -0.3 is 5.32 Å². The first-order valence-electron chi connectivity index (χ1n) is 8.36. The highest BCUT2D eigenvalue weighted by Gasteiger charge is 2.21. The summed E-state index contributed by atoms with van der Waals surface area (Å²) in [5.41, 5.74) is 2.94. The third kappa shape index (κ3) is 4.07. The smallest absolute Gasteiger partial charge is 0.0233 e. The second-order valence-electron chi connectivity index (χ2n) is 6.66. The van der Waals surface area contributed by atoms with Crippen LogP contribution < -0.4 is 5.32 Å². The number of benzene rings is 1. The molecule has 0 amide bonds. The molecular formula is C18H28N2. The summed E-state index contributed by atoms with van der Waals surface area (Å²) in [4.78, 5) is 2.59. The van der Waals surface area contributed by atoms with Gasteiger partial charge in [-0.2, -0.15) is 0 Å². The van der Waals surface area contributed by atoms with E-state index in [2.05, 4.69) is 41.4 Å². The molecule has 1 aromatic carbocycles. The predicted molar refractivity (Wildman–Crippen MR) is 85.0 cm³/mol. The summed E-state index contributed by atoms with van der Waals surface area (Å²) < 4.78 is 0. The molecule has 0 radical (unpaired) electrons. The fraction of sp³-hybridized carbons (Fsp3) is 0.667. The molecule has 1 aliphatic carbocycles. The van der Waals surface area contributed by atoms with Gasteiger partial charge in [-0.25, -0.2) is 0 Å². The molecule has 1 aromatic rings. The van der Waals surface area contributed by atoms with Gasteiger partial charge in [0.05, 0.1) is 0 Å². The first-order chi connectivity index (χ1) is 9.81. The van der Waals surface area contributed by atoms with E-state index in [1.54, 1.807) is 0 Å². The Hall–Kier alpha value is -0.860. The second-order valence-corrected chi connectivity index (χ2v) is 6.66. The van der Waals surface area contributed by atoms with Crippen molar-refractivity contribution < 1.29 is 0 Å². The van der Waals surface area contributed by atoms with E-state index in [9.17, 15) is 0 Å². The maximum Gasteiger partial charge on any atom is 0.0233 e. The summed E-state index contributed by atoms with van der Waals surface area (Å²) in [6, 6.07) is 10.1. The monoisotopic (exact) mass is 272 g/mol. The Kier molecular flexibility index (Phi) is 4.74. The molecule has 20 heavy (non-hydrogen) atoms. The van der Waals surface area contributed by atoms with Crippen molar-refractivity contribution in [1.29, 1.82) is 0 Å². The molecule has 110 valence electrons. The minimum absolute atomic E-state index is 0.625. The fourth-order valence-corrected chi connectivity index (χ4v) is 3.08. The minimum Gasteiger partial charge on any atom is -0.313 e. The largest absolute Gasteiger partial charge is 0.313 e. The molecule has 2 nitrogen and oxygen atoms in total. The maximum atomic E-state index is 3.63. The number of likely N-dealkylation sites (tertiary alicyclic amines) is 1. The molecule has 1 heterocycles. The van der Waals surface area contributed by atoms with Crippen molar-refractivity contribution in [2.75, 3.05) is 19.6 Å². The molecule has 2 fully saturated rings. The molecule has 1 atom stereocenters. The van der Waals surface area contributed by atoms with Crippen molar-refractivity contribution in [3.05, 3.63) is 35.4 Å². The standard InChI is InChI=1S/C18H28N2/c1-15(13-19-18-9-10-18)17-7-5-16(6-8-17)14-20-11-3-2-4-12-20/h5-8,15,18-19H,2-4,9-14H2,1H3. The maximum absolute atomic E-state index is 3.63. The van der Waals surface area contributed by atoms with Crippen LogP contribution in [0.4, 0.5) is 0 Å². The van der Waals surface area contributed by atoms with Gasteiger partial charge in [-0.3, -0.25) is 4.90 Å². The summed E-state index contributed by atoms with van der Waals surface area (Å²) in [6.45, 7) is 7.15. The Bertz CT molecular complexity index is 402. The molecule has 1 unspecified atom stereocenters. The van der Waals surface area contributed by atoms with Crippen molar-refractivity contribution in [1.82, 2.24) is 10.2 Å². The quantitative estimate of drug-likeness (QED) is 0.852. The number of hydrogen-bond acceptors (Lipinski definition) is 2. The minimum atomic E-state index is 0.625. The summed E-state index contributed by atoms with van der Waals surface area (Å²) in [7, 11) is 0. The molecule has 1 N–H and O–H groups in total. The Morgan fingerprint density at radius 2 is 1.80 bits per heavy atom. The molecule has 1 saturated heterocycles. The van der Waals surface area contributed by atoms with E-state index >= 15 is 0 Å². The zero-order valence-electron chi connectivity index (χ0n) is 12.8. The summed E-state index contributed by atoms with van der Waals surface area (Å²) in [5, 5.41) is 3.63. The lowest BCUT2D eigenvalue weighted by molar-refractivity contribution is 0.221. The first-order valence-corrected chi connectivity index (χ1v) is 8.36. The topological polar surface area (TPSA) is 15.3 Å². The van der Waals surface area contributed by atoms with Gasteiger partial charge in [0.1, 0.15) is 0 Å². The molecule has 1 saturated carbocycles. The lowest BCUT2D eigenvalue weighted by atomic mass is 9.99. The Morgan fingerprint density at radius 3 is 2.45 bits per heavy atom. The van der Waals surface area contributed by atoms with Crippen LogP contribution in [0, 0.1) is 0 Å². The van der Waals surface area contributed by atoms with E-state index in [0.717, 1.165) is 19.1 Å². The SMILES string of the molecule is CC(CNC1CC1)c1ccc(CN2CCCCC2)cc1. The van der Waals surface area contributed by atoms with Gasteiger partial charge in [-0.1, -0.05) is 37.6 Å². The fourth-order valence-electron chi connectivity index (χ4n) is 3.08. The van der Waals surface area contributed by atoms with Crippen molar-refractivity contribution in [3.63, 3.8) is 0 Å². The number of piperidine rings is 1. The molecule has 0 aromatic heterocycles. The van der Waals surface area contributed by atoms with Crippen molar-refractivity contribution in [2.45, 2.75) is 57.5 Å². The van der Waals surface area contributed by atoms with Crippen LogP contribution >= 0.6 is 0 Å². The van der Waals surface area contributed by atoms with Crippen molar-refractivity contribution >= 4 is 0 Å². The molecule has 2 aliphatic rings. The highest BCUT2D eigenvalue weighted by atomic mass is 15.1. The van der Waals surface area contributed by atoms with Crippen LogP contribution in [0.1, 0.15) is 56.1 Å². The van der Waals surface area contributed by atoms with Gasteiger partial charge in [-0.15, -0.1) is 0 Å². The van der Waals surface area contributed by atoms with E-state index < -0.39 is 0 Å². The van der Waals surface area contributed by atoms with Crippen LogP contribution in [0.3, 0.4) is 0 Å². The Balaban J connectivity index is 1.50. The summed E-state index contributed by atoms with van der Waals surface area (Å²) in [5.74, 6) is 0.625. The van der Waals surface area contributed by atoms with E-state index in [1.165, 1.54) is 56.3 Å². The molecular weight excluding hydrogens is 244 g/mol. The Labute approximate surface area is 123 Å². The number of nitrogens with zero attached hydrogens (tertiary/aromatic N) is 1. The van der Waals surface area contributed by atoms with Gasteiger partial charge in [0, 0.05) is 19.1 Å². The predicted octanol–water partition coefficient (Wildman–Crippen LogP) is 3.53. The number of nitrogens with one attached hydrogen (secondary N) is 1. The van der Waals surface area contributed by atoms with Gasteiger partial charge in [0.15, 0.2) is 0 Å². The van der Waals surface area contributed by atoms with Crippen LogP contribution in [0.25, 0.3) is 0 Å². The van der Waals surface area contributed by atoms with E-state index in [1.807, 2.05) is 0 Å². The van der Waals surface area contributed by atoms with E-state index in [-0.39, 0.29) is 0 Å². The highest BCUT2D eigenvalue weighted by molar-refractivity contribution is 5.25. The zero-order valence-corrected chi connectivity index (χ0v) is 12.8. The average molecular weight is 272 g/mol. The molecule has 0 bridgehead atoms. The molecule has 2 heteroatoms. The molecule has 0 spiro atoms. The zero-order chi connectivity index (χ0) is 13.8. The summed E-state index contributed by atoms with van der Waals surface area (Å²) in [6.07, 6.45) is 6.92. The molecule has 3 rings (SSSR count). The van der Waals surface area contributed by atoms with Crippen LogP contribution in [0.2, 0.25) is 0 Å². The van der Waals surface area contributed by atoms with Crippen LogP contribution in [-0.2, 0) is 6.54 Å². The third-order valence-corrected chi connectivity index (χ3v) is 4.69. The number of hydrogen-bond donors (Lipinski definition) is 1. The van der Waals surface area contributed by atoms with Gasteiger partial charge >= 0.3 is 0 Å². The van der Waals surface area contributed by atoms with E-state index in [4.69, 9.17) is 0 Å². The average Bonchev–Trinajstić information content (AvgIpc) is 3.31. The van der Waals surface area contributed by atoms with Gasteiger partial charge in [0.25, 0.3) is 0 Å². The van der Waals surface area contributed by atoms with E-state index in [0.29, 0.717) is 5.92 Å². The first kappa shape index (κ1) is 14.1. The Morgan fingerprint density at radius 1 is 1.10 bits per heavy atom. The lowest BCUT2D eigenvalue weighted by Gasteiger charge is -2.26. The van der Waals surface area contributed by atoms with Crippen LogP contribution in [0.15, 0.2) is 24.3 Å². The third-order valence-electron chi connectivity index (χ3n) is 4.69. The second kappa shape index (κ2) is 6.73. The molecule has 1 aliphatic heterocycles. The van der Waals surface area contributed by atoms with Crippen molar-refractivity contribution in [2.24, 2.45) is 0 Å².